The molecule has 0 bridgehead atoms. The second-order valence-electron chi connectivity index (χ2n) is 5.50. The molecular weight excluding hydrogens is 278 g/mol. The van der Waals surface area contributed by atoms with Crippen LogP contribution in [-0.2, 0) is 22.9 Å². The van der Waals surface area contributed by atoms with Gasteiger partial charge in [-0.25, -0.2) is 8.42 Å². The molecule has 0 atom stereocenters. The molecule has 0 amide bonds. The van der Waals surface area contributed by atoms with Gasteiger partial charge in [0.1, 0.15) is 0 Å². The van der Waals surface area contributed by atoms with Crippen molar-refractivity contribution in [2.24, 2.45) is 10.9 Å². The van der Waals surface area contributed by atoms with E-state index in [1.54, 1.807) is 12.1 Å². The topological polar surface area (TPSA) is 105 Å². The highest BCUT2D eigenvalue weighted by Gasteiger charge is 2.30. The molecule has 0 aliphatic heterocycles. The van der Waals surface area contributed by atoms with E-state index in [0.29, 0.717) is 0 Å². The van der Waals surface area contributed by atoms with Gasteiger partial charge in [-0.2, -0.15) is 4.72 Å². The van der Waals surface area contributed by atoms with Crippen LogP contribution in [0.15, 0.2) is 28.3 Å². The second kappa shape index (κ2) is 5.06. The number of benzene rings is 1. The van der Waals surface area contributed by atoms with Crippen molar-refractivity contribution in [2.75, 3.05) is 0 Å². The second-order valence-corrected chi connectivity index (χ2v) is 7.18. The number of oxime groups is 1. The number of hydrogen-bond donors (Lipinski definition) is 3. The van der Waals surface area contributed by atoms with Crippen LogP contribution in [0, 0.1) is 0 Å². The van der Waals surface area contributed by atoms with E-state index in [-0.39, 0.29) is 10.7 Å². The average molecular weight is 297 g/mol. The maximum Gasteiger partial charge on any atom is 0.241 e. The van der Waals surface area contributed by atoms with E-state index in [1.165, 1.54) is 19.4 Å². The molecule has 0 aromatic heterocycles. The molecule has 0 fully saturated rings. The first-order chi connectivity index (χ1) is 9.26. The Morgan fingerprint density at radius 2 is 2.00 bits per heavy atom. The summed E-state index contributed by atoms with van der Waals surface area (Å²) in [5.74, 6) is -0.192. The van der Waals surface area contributed by atoms with E-state index in [2.05, 4.69) is 9.88 Å². The minimum atomic E-state index is -3.72. The maximum absolute atomic E-state index is 12.4. The van der Waals surface area contributed by atoms with Gasteiger partial charge in [0.05, 0.1) is 10.4 Å². The molecule has 4 N–H and O–H groups in total. The Balaban J connectivity index is 2.32. The Morgan fingerprint density at radius 1 is 1.35 bits per heavy atom. The molecule has 0 heterocycles. The smallest absolute Gasteiger partial charge is 0.241 e. The van der Waals surface area contributed by atoms with Gasteiger partial charge in [0.2, 0.25) is 10.0 Å². The number of amidine groups is 1. The molecule has 1 aromatic carbocycles. The number of rotatable bonds is 4. The molecule has 0 saturated heterocycles. The number of nitrogens with zero attached hydrogens (tertiary/aromatic N) is 1. The quantitative estimate of drug-likeness (QED) is 0.333. The normalized spacial score (nSPS) is 16.2. The number of aryl methyl sites for hydroxylation is 2. The molecule has 6 nitrogen and oxygen atoms in total. The van der Waals surface area contributed by atoms with Crippen molar-refractivity contribution in [3.8, 4) is 0 Å². The molecule has 1 aliphatic carbocycles. The van der Waals surface area contributed by atoms with Crippen molar-refractivity contribution in [1.29, 1.82) is 0 Å². The fraction of sp³-hybridized carbons (Fsp3) is 0.462. The summed E-state index contributed by atoms with van der Waals surface area (Å²) >= 11 is 0. The van der Waals surface area contributed by atoms with Crippen LogP contribution in [0.4, 0.5) is 0 Å². The van der Waals surface area contributed by atoms with Crippen molar-refractivity contribution < 1.29 is 13.6 Å². The lowest BCUT2D eigenvalue weighted by Gasteiger charge is -2.24. The van der Waals surface area contributed by atoms with Gasteiger partial charge in [0.15, 0.2) is 5.84 Å². The average Bonchev–Trinajstić information content (AvgIpc) is 2.83. The lowest BCUT2D eigenvalue weighted by Crippen LogP contribution is -2.52. The zero-order chi connectivity index (χ0) is 15.0. The molecule has 1 aliphatic rings. The maximum atomic E-state index is 12.4. The third-order valence-electron chi connectivity index (χ3n) is 3.52. The number of sulfonamides is 1. The van der Waals surface area contributed by atoms with Gasteiger partial charge >= 0.3 is 0 Å². The van der Waals surface area contributed by atoms with Crippen LogP contribution >= 0.6 is 0 Å². The third kappa shape index (κ3) is 2.78. The first-order valence-corrected chi connectivity index (χ1v) is 7.88. The SMILES string of the molecule is CC(C)(NS(=O)(=O)c1ccc2c(c1)CCC2)/C(N)=N/O. The van der Waals surface area contributed by atoms with Crippen LogP contribution in [0.3, 0.4) is 0 Å². The van der Waals surface area contributed by atoms with Crippen LogP contribution < -0.4 is 10.5 Å². The van der Waals surface area contributed by atoms with Crippen LogP contribution in [0.2, 0.25) is 0 Å². The van der Waals surface area contributed by atoms with E-state index in [1.807, 2.05) is 6.07 Å². The lowest BCUT2D eigenvalue weighted by molar-refractivity contribution is 0.312. The summed E-state index contributed by atoms with van der Waals surface area (Å²) in [7, 11) is -3.72. The number of nitrogens with two attached hydrogens (primary N) is 1. The Labute approximate surface area is 118 Å². The number of nitrogens with one attached hydrogen (secondary N) is 1. The van der Waals surface area contributed by atoms with Crippen molar-refractivity contribution in [3.63, 3.8) is 0 Å². The Bertz CT molecular complexity index is 651. The third-order valence-corrected chi connectivity index (χ3v) is 5.17. The molecule has 2 rings (SSSR count). The highest BCUT2D eigenvalue weighted by molar-refractivity contribution is 7.89. The number of hydrogen-bond acceptors (Lipinski definition) is 4. The molecule has 0 saturated carbocycles. The van der Waals surface area contributed by atoms with Crippen molar-refractivity contribution in [2.45, 2.75) is 43.5 Å². The van der Waals surface area contributed by atoms with Crippen molar-refractivity contribution >= 4 is 15.9 Å². The largest absolute Gasteiger partial charge is 0.409 e. The first kappa shape index (κ1) is 14.8. The van der Waals surface area contributed by atoms with E-state index in [4.69, 9.17) is 10.9 Å². The Kier molecular flexibility index (Phi) is 3.75. The van der Waals surface area contributed by atoms with Crippen molar-refractivity contribution in [3.05, 3.63) is 29.3 Å². The highest BCUT2D eigenvalue weighted by Crippen LogP contribution is 2.25. The summed E-state index contributed by atoms with van der Waals surface area (Å²) in [5.41, 5.74) is 6.63. The van der Waals surface area contributed by atoms with Gasteiger partial charge in [-0.3, -0.25) is 0 Å². The molecule has 0 spiro atoms. The summed E-state index contributed by atoms with van der Waals surface area (Å²) in [6.45, 7) is 3.07. The lowest BCUT2D eigenvalue weighted by atomic mass is 10.1. The molecule has 7 heteroatoms. The van der Waals surface area contributed by atoms with Crippen LogP contribution in [0.5, 0.6) is 0 Å². The zero-order valence-electron chi connectivity index (χ0n) is 11.5. The molecule has 110 valence electrons. The number of fused-ring (bicyclic) bond motifs is 1. The minimum Gasteiger partial charge on any atom is -0.409 e. The van der Waals surface area contributed by atoms with Gasteiger partial charge in [-0.1, -0.05) is 11.2 Å². The minimum absolute atomic E-state index is 0.192. The first-order valence-electron chi connectivity index (χ1n) is 6.40. The standard InChI is InChI=1S/C13H19N3O3S/c1-13(2,12(14)15-17)16-20(18,19)11-7-6-9-4-3-5-10(9)8-11/h6-8,16-17H,3-5H2,1-2H3,(H2,14,15). The fourth-order valence-corrected chi connectivity index (χ4v) is 3.73. The summed E-state index contributed by atoms with van der Waals surface area (Å²) in [6, 6.07) is 5.15. The van der Waals surface area contributed by atoms with Gasteiger partial charge in [0.25, 0.3) is 0 Å². The highest BCUT2D eigenvalue weighted by atomic mass is 32.2. The van der Waals surface area contributed by atoms with Gasteiger partial charge in [-0.15, -0.1) is 0 Å². The van der Waals surface area contributed by atoms with E-state index >= 15 is 0 Å². The van der Waals surface area contributed by atoms with Gasteiger partial charge in [-0.05, 0) is 56.4 Å². The molecule has 20 heavy (non-hydrogen) atoms. The van der Waals surface area contributed by atoms with Crippen LogP contribution in [0.1, 0.15) is 31.4 Å². The summed E-state index contributed by atoms with van der Waals surface area (Å²) in [4.78, 5) is 0.206. The van der Waals surface area contributed by atoms with E-state index in [0.717, 1.165) is 24.8 Å². The Morgan fingerprint density at radius 3 is 2.65 bits per heavy atom. The Hall–Kier alpha value is -1.60. The van der Waals surface area contributed by atoms with Crippen LogP contribution in [-0.4, -0.2) is 25.0 Å². The molecule has 1 aromatic rings. The predicted molar refractivity (Wildman–Crippen MR) is 76.3 cm³/mol. The zero-order valence-corrected chi connectivity index (χ0v) is 12.4. The van der Waals surface area contributed by atoms with E-state index < -0.39 is 15.6 Å². The van der Waals surface area contributed by atoms with E-state index in [9.17, 15) is 8.42 Å². The van der Waals surface area contributed by atoms with Crippen LogP contribution in [0.25, 0.3) is 0 Å². The predicted octanol–water partition coefficient (Wildman–Crippen LogP) is 0.979. The summed E-state index contributed by atoms with van der Waals surface area (Å²) < 4.78 is 27.2. The van der Waals surface area contributed by atoms with Gasteiger partial charge < -0.3 is 10.9 Å². The van der Waals surface area contributed by atoms with Crippen molar-refractivity contribution in [1.82, 2.24) is 4.72 Å². The summed E-state index contributed by atoms with van der Waals surface area (Å²) in [5, 5.41) is 11.6. The monoisotopic (exact) mass is 297 g/mol. The molecule has 0 unspecified atom stereocenters. The fourth-order valence-electron chi connectivity index (χ4n) is 2.29. The van der Waals surface area contributed by atoms with Gasteiger partial charge in [0, 0.05) is 0 Å². The molecular formula is C13H19N3O3S. The summed E-state index contributed by atoms with van der Waals surface area (Å²) in [6.07, 6.45) is 2.96. The molecule has 0 radical (unpaired) electrons.